The number of carbonyl (C=O) groups is 4. The van der Waals surface area contributed by atoms with Gasteiger partial charge in [-0.3, -0.25) is 23.9 Å². The smallest absolute Gasteiger partial charge is 0.246 e. The van der Waals surface area contributed by atoms with E-state index < -0.39 is 61.9 Å². The largest absolute Gasteiger partial charge is 0.472 e. The Bertz CT molecular complexity index is 1660. The summed E-state index contributed by atoms with van der Waals surface area (Å²) in [5.41, 5.74) is -1.99. The summed E-state index contributed by atoms with van der Waals surface area (Å²) in [7, 11) is -2.35. The highest BCUT2D eigenvalue weighted by atomic mass is 32.2. The Kier molecular flexibility index (Phi) is 9.79. The summed E-state index contributed by atoms with van der Waals surface area (Å²) in [4.78, 5) is 60.6. The van der Waals surface area contributed by atoms with Gasteiger partial charge in [-0.15, -0.1) is 6.58 Å². The number of allylic oxidation sites excluding steroid dienone is 1. The van der Waals surface area contributed by atoms with Gasteiger partial charge in [0.2, 0.25) is 33.6 Å². The molecule has 12 nitrogen and oxygen atoms in total. The SMILES string of the molecule is C=C[C@@H]1C[C@]1(CC(=O)[C@@H]1C[C@@H](Oc2nccc3ccccc23)CN1C(=O)[C@@H](NC(=O)CCOC)C(C)(C)C)C(=O)NS(=O)(=O)C1CC1. The molecule has 254 valence electrons. The zero-order valence-electron chi connectivity index (χ0n) is 27.4. The molecular formula is C34H44N4O8S. The Hall–Kier alpha value is -3.84. The molecule has 2 N–H and O–H groups in total. The van der Waals surface area contributed by atoms with E-state index in [1.54, 1.807) is 12.3 Å². The van der Waals surface area contributed by atoms with E-state index >= 15 is 0 Å². The molecule has 2 aromatic rings. The van der Waals surface area contributed by atoms with Crippen LogP contribution in [0.1, 0.15) is 59.3 Å². The predicted octanol–water partition coefficient (Wildman–Crippen LogP) is 2.91. The number of Topliss-reactive ketones (excluding diaryl/α,β-unsaturated/α-hetero) is 1. The minimum atomic E-state index is -3.83. The number of benzene rings is 1. The van der Waals surface area contributed by atoms with Gasteiger partial charge in [0.05, 0.1) is 29.9 Å². The van der Waals surface area contributed by atoms with Crippen LogP contribution in [0.2, 0.25) is 0 Å². The van der Waals surface area contributed by atoms with Crippen molar-refractivity contribution in [3.8, 4) is 5.88 Å². The van der Waals surface area contributed by atoms with E-state index in [1.807, 2.05) is 51.1 Å². The van der Waals surface area contributed by atoms with Gasteiger partial charge in [-0.25, -0.2) is 13.4 Å². The number of aromatic nitrogens is 1. The van der Waals surface area contributed by atoms with E-state index in [9.17, 15) is 27.6 Å². The molecule has 5 atom stereocenters. The number of carbonyl (C=O) groups excluding carboxylic acids is 4. The molecule has 13 heteroatoms. The van der Waals surface area contributed by atoms with Gasteiger partial charge < -0.3 is 19.7 Å². The average molecular weight is 669 g/mol. The van der Waals surface area contributed by atoms with Crippen LogP contribution in [0.25, 0.3) is 10.8 Å². The van der Waals surface area contributed by atoms with E-state index in [4.69, 9.17) is 9.47 Å². The molecule has 5 rings (SSSR count). The topological polar surface area (TPSA) is 161 Å². The molecule has 2 aliphatic carbocycles. The summed E-state index contributed by atoms with van der Waals surface area (Å²) in [6, 6.07) is 7.48. The van der Waals surface area contributed by atoms with Crippen LogP contribution in [0, 0.1) is 16.7 Å². The van der Waals surface area contributed by atoms with E-state index in [-0.39, 0.29) is 50.7 Å². The number of hydrogen-bond donors (Lipinski definition) is 2. The number of methoxy groups -OCH3 is 1. The van der Waals surface area contributed by atoms with E-state index in [0.29, 0.717) is 18.7 Å². The van der Waals surface area contributed by atoms with Crippen molar-refractivity contribution in [3.63, 3.8) is 0 Å². The van der Waals surface area contributed by atoms with Crippen LogP contribution in [-0.4, -0.2) is 85.5 Å². The molecule has 0 radical (unpaired) electrons. The lowest BCUT2D eigenvalue weighted by Gasteiger charge is -2.35. The monoisotopic (exact) mass is 668 g/mol. The maximum absolute atomic E-state index is 14.3. The van der Waals surface area contributed by atoms with Crippen LogP contribution in [0.15, 0.2) is 49.2 Å². The molecule has 3 amide bonds. The number of ether oxygens (including phenoxy) is 2. The third kappa shape index (κ3) is 7.51. The number of nitrogens with one attached hydrogen (secondary N) is 2. The number of amides is 3. The summed E-state index contributed by atoms with van der Waals surface area (Å²) in [6.45, 7) is 9.49. The Morgan fingerprint density at radius 1 is 1.17 bits per heavy atom. The number of likely N-dealkylation sites (tertiary alicyclic amines) is 1. The van der Waals surface area contributed by atoms with Crippen molar-refractivity contribution >= 4 is 44.3 Å². The first-order valence-electron chi connectivity index (χ1n) is 16.0. The van der Waals surface area contributed by atoms with Crippen molar-refractivity contribution in [1.29, 1.82) is 0 Å². The Morgan fingerprint density at radius 2 is 1.89 bits per heavy atom. The van der Waals surface area contributed by atoms with Crippen molar-refractivity contribution in [2.45, 2.75) is 82.7 Å². The fourth-order valence-corrected chi connectivity index (χ4v) is 7.71. The molecule has 1 aliphatic heterocycles. The second kappa shape index (κ2) is 13.3. The predicted molar refractivity (Wildman–Crippen MR) is 175 cm³/mol. The lowest BCUT2D eigenvalue weighted by molar-refractivity contribution is -0.144. The van der Waals surface area contributed by atoms with Gasteiger partial charge in [-0.1, -0.05) is 45.0 Å². The second-order valence-electron chi connectivity index (χ2n) is 13.9. The Balaban J connectivity index is 1.42. The number of sulfonamides is 1. The van der Waals surface area contributed by atoms with Crippen LogP contribution in [0.4, 0.5) is 0 Å². The number of rotatable bonds is 14. The van der Waals surface area contributed by atoms with Crippen molar-refractivity contribution in [2.24, 2.45) is 16.7 Å². The number of hydrogen-bond acceptors (Lipinski definition) is 9. The van der Waals surface area contributed by atoms with Gasteiger partial charge >= 0.3 is 0 Å². The standard InChI is InChI=1S/C34H44N4O8S/c1-6-22-18-34(22,32(42)37-47(43,44)24-11-12-24)19-27(39)26-17-23(46-30-25-10-8-7-9-21(25)13-15-35-30)20-38(26)31(41)29(33(2,3)4)36-28(40)14-16-45-5/h6-10,13,15,22-24,26,29H,1,11-12,14,16-20H2,2-5H3,(H,36,40)(H,37,42)/t22-,23-,26+,29-,34-/m1/s1. The van der Waals surface area contributed by atoms with Gasteiger partial charge in [0.25, 0.3) is 0 Å². The molecule has 0 unspecified atom stereocenters. The number of ketones is 1. The van der Waals surface area contributed by atoms with Gasteiger partial charge in [-0.2, -0.15) is 0 Å². The van der Waals surface area contributed by atoms with Crippen LogP contribution < -0.4 is 14.8 Å². The van der Waals surface area contributed by atoms with Crippen molar-refractivity contribution < 1.29 is 37.1 Å². The molecule has 1 saturated heterocycles. The number of fused-ring (bicyclic) bond motifs is 1. The summed E-state index contributed by atoms with van der Waals surface area (Å²) in [5.74, 6) is -1.95. The van der Waals surface area contributed by atoms with Gasteiger partial charge in [-0.05, 0) is 48.1 Å². The first-order valence-corrected chi connectivity index (χ1v) is 17.6. The normalized spacial score (nSPS) is 24.8. The second-order valence-corrected chi connectivity index (χ2v) is 15.9. The third-order valence-corrected chi connectivity index (χ3v) is 11.2. The zero-order chi connectivity index (χ0) is 34.1. The summed E-state index contributed by atoms with van der Waals surface area (Å²) in [5, 5.41) is 3.93. The first kappa shape index (κ1) is 34.5. The van der Waals surface area contributed by atoms with Gasteiger partial charge in [0.1, 0.15) is 12.1 Å². The van der Waals surface area contributed by atoms with Crippen LogP contribution >= 0.6 is 0 Å². The Morgan fingerprint density at radius 3 is 2.53 bits per heavy atom. The number of pyridine rings is 1. The van der Waals surface area contributed by atoms with Crippen LogP contribution in [0.3, 0.4) is 0 Å². The summed E-state index contributed by atoms with van der Waals surface area (Å²) >= 11 is 0. The van der Waals surface area contributed by atoms with Gasteiger partial charge in [0, 0.05) is 38.0 Å². The van der Waals surface area contributed by atoms with Crippen molar-refractivity contribution in [3.05, 3.63) is 49.2 Å². The molecule has 2 heterocycles. The van der Waals surface area contributed by atoms with E-state index in [0.717, 1.165) is 10.8 Å². The lowest BCUT2D eigenvalue weighted by Crippen LogP contribution is -2.57. The molecule has 3 aliphatic rings. The highest BCUT2D eigenvalue weighted by Crippen LogP contribution is 2.57. The minimum Gasteiger partial charge on any atom is -0.472 e. The molecule has 3 fully saturated rings. The third-order valence-electron chi connectivity index (χ3n) is 9.34. The minimum absolute atomic E-state index is 0.0425. The van der Waals surface area contributed by atoms with Crippen LogP contribution in [-0.2, 0) is 33.9 Å². The van der Waals surface area contributed by atoms with Crippen molar-refractivity contribution in [1.82, 2.24) is 19.9 Å². The zero-order valence-corrected chi connectivity index (χ0v) is 28.2. The van der Waals surface area contributed by atoms with E-state index in [2.05, 4.69) is 21.6 Å². The maximum Gasteiger partial charge on any atom is 0.246 e. The van der Waals surface area contributed by atoms with E-state index in [1.165, 1.54) is 12.0 Å². The molecule has 0 spiro atoms. The van der Waals surface area contributed by atoms with Gasteiger partial charge in [0.15, 0.2) is 5.78 Å². The van der Waals surface area contributed by atoms with Crippen LogP contribution in [0.5, 0.6) is 5.88 Å². The highest BCUT2D eigenvalue weighted by Gasteiger charge is 2.61. The molecule has 2 saturated carbocycles. The molecule has 0 bridgehead atoms. The van der Waals surface area contributed by atoms with Crippen molar-refractivity contribution in [2.75, 3.05) is 20.3 Å². The number of nitrogens with zero attached hydrogens (tertiary/aromatic N) is 2. The fraction of sp³-hybridized carbons (Fsp3) is 0.559. The molecular weight excluding hydrogens is 624 g/mol. The maximum atomic E-state index is 14.3. The summed E-state index contributed by atoms with van der Waals surface area (Å²) < 4.78 is 38.8. The lowest BCUT2D eigenvalue weighted by atomic mass is 9.85. The molecule has 1 aromatic carbocycles. The quantitative estimate of drug-likeness (QED) is 0.289. The fourth-order valence-electron chi connectivity index (χ4n) is 6.33. The first-order chi connectivity index (χ1) is 22.2. The molecule has 47 heavy (non-hydrogen) atoms. The summed E-state index contributed by atoms with van der Waals surface area (Å²) in [6.07, 6.45) is 3.73. The average Bonchev–Trinajstić information content (AvgIpc) is 3.95. The molecule has 1 aromatic heterocycles. The highest BCUT2D eigenvalue weighted by molar-refractivity contribution is 7.90. The Labute approximate surface area is 275 Å².